The van der Waals surface area contributed by atoms with Crippen molar-refractivity contribution in [2.75, 3.05) is 17.6 Å². The highest BCUT2D eigenvalue weighted by Crippen LogP contribution is 2.20. The van der Waals surface area contributed by atoms with Crippen molar-refractivity contribution < 1.29 is 22.8 Å². The number of hydrogen-bond donors (Lipinski definition) is 2. The van der Waals surface area contributed by atoms with Gasteiger partial charge in [0.15, 0.2) is 0 Å². The zero-order valence-corrected chi connectivity index (χ0v) is 15.3. The number of rotatable bonds is 8. The van der Waals surface area contributed by atoms with Gasteiger partial charge >= 0.3 is 6.18 Å². The maximum Gasteiger partial charge on any atom is 0.405 e. The molecule has 0 saturated heterocycles. The molecule has 2 amide bonds. The zero-order chi connectivity index (χ0) is 19.0. The summed E-state index contributed by atoms with van der Waals surface area (Å²) in [5.41, 5.74) is 1.22. The highest BCUT2D eigenvalue weighted by Gasteiger charge is 2.28. The number of anilines is 1. The third-order valence-corrected chi connectivity index (χ3v) is 4.68. The van der Waals surface area contributed by atoms with E-state index in [0.717, 1.165) is 24.2 Å². The van der Waals surface area contributed by atoms with Crippen LogP contribution in [-0.2, 0) is 4.79 Å². The number of aryl methyl sites for hydroxylation is 1. The Morgan fingerprint density at radius 3 is 2.56 bits per heavy atom. The molecular formula is C17H23F3N2O2S. The van der Waals surface area contributed by atoms with Crippen molar-refractivity contribution in [3.63, 3.8) is 0 Å². The lowest BCUT2D eigenvalue weighted by atomic mass is 10.1. The van der Waals surface area contributed by atoms with E-state index in [0.29, 0.717) is 5.69 Å². The molecule has 1 unspecified atom stereocenters. The Morgan fingerprint density at radius 2 is 1.96 bits per heavy atom. The van der Waals surface area contributed by atoms with Gasteiger partial charge in [-0.25, -0.2) is 0 Å². The number of hydrogen-bond acceptors (Lipinski definition) is 3. The van der Waals surface area contributed by atoms with Crippen molar-refractivity contribution in [1.82, 2.24) is 5.32 Å². The lowest BCUT2D eigenvalue weighted by molar-refractivity contribution is -0.123. The standard InChI is InChI=1S/C17H23F3N2O2S/c1-4-5-8-25-12(3)15(23)22-14-9-13(7-6-11(14)2)16(24)21-10-17(18,19)20/h6-7,9,12H,4-5,8,10H2,1-3H3,(H,21,24)(H,22,23). The third kappa shape index (κ3) is 7.81. The molecule has 140 valence electrons. The summed E-state index contributed by atoms with van der Waals surface area (Å²) in [6.45, 7) is 4.23. The second-order valence-electron chi connectivity index (χ2n) is 5.68. The first-order chi connectivity index (χ1) is 11.6. The van der Waals surface area contributed by atoms with Gasteiger partial charge in [0.1, 0.15) is 6.54 Å². The van der Waals surface area contributed by atoms with Gasteiger partial charge in [-0.3, -0.25) is 9.59 Å². The van der Waals surface area contributed by atoms with Crippen LogP contribution in [-0.4, -0.2) is 35.5 Å². The summed E-state index contributed by atoms with van der Waals surface area (Å²) in [6.07, 6.45) is -2.39. The Morgan fingerprint density at radius 1 is 1.28 bits per heavy atom. The fourth-order valence-corrected chi connectivity index (χ4v) is 2.91. The molecule has 0 aliphatic carbocycles. The molecule has 0 aromatic heterocycles. The molecule has 25 heavy (non-hydrogen) atoms. The summed E-state index contributed by atoms with van der Waals surface area (Å²) in [7, 11) is 0. The van der Waals surface area contributed by atoms with E-state index in [1.807, 2.05) is 5.32 Å². The summed E-state index contributed by atoms with van der Waals surface area (Å²) in [5.74, 6) is -0.153. The largest absolute Gasteiger partial charge is 0.405 e. The summed E-state index contributed by atoms with van der Waals surface area (Å²) in [6, 6.07) is 4.41. The Balaban J connectivity index is 2.74. The molecule has 0 spiro atoms. The maximum atomic E-state index is 12.2. The van der Waals surface area contributed by atoms with Crippen molar-refractivity contribution in [1.29, 1.82) is 0 Å². The van der Waals surface area contributed by atoms with E-state index < -0.39 is 18.6 Å². The van der Waals surface area contributed by atoms with Crippen LogP contribution in [0.25, 0.3) is 0 Å². The number of benzene rings is 1. The fourth-order valence-electron chi connectivity index (χ4n) is 1.89. The molecule has 0 aliphatic heterocycles. The molecule has 1 aromatic rings. The van der Waals surface area contributed by atoms with Crippen LogP contribution in [0.2, 0.25) is 0 Å². The minimum absolute atomic E-state index is 0.0661. The number of thioether (sulfide) groups is 1. The van der Waals surface area contributed by atoms with Crippen LogP contribution < -0.4 is 10.6 Å². The van der Waals surface area contributed by atoms with Crippen molar-refractivity contribution in [2.24, 2.45) is 0 Å². The second-order valence-corrected chi connectivity index (χ2v) is 7.13. The Bertz CT molecular complexity index is 606. The summed E-state index contributed by atoms with van der Waals surface area (Å²) < 4.78 is 36.6. The van der Waals surface area contributed by atoms with Gasteiger partial charge in [0.25, 0.3) is 5.91 Å². The molecular weight excluding hydrogens is 353 g/mol. The average Bonchev–Trinajstić information content (AvgIpc) is 2.54. The van der Waals surface area contributed by atoms with Gasteiger partial charge < -0.3 is 10.6 Å². The molecule has 1 rings (SSSR count). The molecule has 0 aliphatic rings. The summed E-state index contributed by atoms with van der Waals surface area (Å²) >= 11 is 1.54. The number of alkyl halides is 3. The molecule has 0 heterocycles. The second kappa shape index (κ2) is 9.70. The van der Waals surface area contributed by atoms with E-state index in [1.54, 1.807) is 19.9 Å². The Kier molecular flexibility index (Phi) is 8.28. The number of halogens is 3. The first kappa shape index (κ1) is 21.3. The quantitative estimate of drug-likeness (QED) is 0.670. The molecule has 2 N–H and O–H groups in total. The molecule has 0 radical (unpaired) electrons. The predicted octanol–water partition coefficient (Wildman–Crippen LogP) is 4.15. The highest BCUT2D eigenvalue weighted by molar-refractivity contribution is 8.00. The van der Waals surface area contributed by atoms with E-state index in [1.165, 1.54) is 23.9 Å². The van der Waals surface area contributed by atoms with Crippen LogP contribution in [0.5, 0.6) is 0 Å². The van der Waals surface area contributed by atoms with Gasteiger partial charge in [-0.2, -0.15) is 13.2 Å². The van der Waals surface area contributed by atoms with Crippen LogP contribution in [0.15, 0.2) is 18.2 Å². The Hall–Kier alpha value is -1.70. The topological polar surface area (TPSA) is 58.2 Å². The highest BCUT2D eigenvalue weighted by atomic mass is 32.2. The monoisotopic (exact) mass is 376 g/mol. The van der Waals surface area contributed by atoms with Crippen LogP contribution in [0, 0.1) is 6.92 Å². The van der Waals surface area contributed by atoms with Crippen molar-refractivity contribution >= 4 is 29.3 Å². The average molecular weight is 376 g/mol. The van der Waals surface area contributed by atoms with Gasteiger partial charge in [-0.15, -0.1) is 11.8 Å². The maximum absolute atomic E-state index is 12.2. The minimum Gasteiger partial charge on any atom is -0.343 e. The lowest BCUT2D eigenvalue weighted by Crippen LogP contribution is -2.33. The molecule has 1 aromatic carbocycles. The van der Waals surface area contributed by atoms with E-state index in [-0.39, 0.29) is 16.7 Å². The third-order valence-electron chi connectivity index (χ3n) is 3.44. The summed E-state index contributed by atoms with van der Waals surface area (Å²) in [4.78, 5) is 24.0. The normalized spacial score (nSPS) is 12.6. The van der Waals surface area contributed by atoms with Crippen molar-refractivity contribution in [2.45, 2.75) is 45.0 Å². The van der Waals surface area contributed by atoms with E-state index >= 15 is 0 Å². The van der Waals surface area contributed by atoms with Gasteiger partial charge in [0.2, 0.25) is 5.91 Å². The molecule has 4 nitrogen and oxygen atoms in total. The van der Waals surface area contributed by atoms with Crippen LogP contribution in [0.4, 0.5) is 18.9 Å². The number of carbonyl (C=O) groups is 2. The number of unbranched alkanes of at least 4 members (excludes halogenated alkanes) is 1. The van der Waals surface area contributed by atoms with Gasteiger partial charge in [-0.05, 0) is 43.7 Å². The molecule has 0 fully saturated rings. The van der Waals surface area contributed by atoms with Crippen molar-refractivity contribution in [3.05, 3.63) is 29.3 Å². The molecule has 1 atom stereocenters. The van der Waals surface area contributed by atoms with E-state index in [4.69, 9.17) is 0 Å². The first-order valence-electron chi connectivity index (χ1n) is 8.02. The minimum atomic E-state index is -4.47. The fraction of sp³-hybridized carbons (Fsp3) is 0.529. The van der Waals surface area contributed by atoms with Gasteiger partial charge in [-0.1, -0.05) is 19.4 Å². The van der Waals surface area contributed by atoms with Crippen LogP contribution in [0.3, 0.4) is 0 Å². The van der Waals surface area contributed by atoms with Crippen molar-refractivity contribution in [3.8, 4) is 0 Å². The van der Waals surface area contributed by atoms with Gasteiger partial charge in [0.05, 0.1) is 5.25 Å². The smallest absolute Gasteiger partial charge is 0.343 e. The van der Waals surface area contributed by atoms with Crippen LogP contribution in [0.1, 0.15) is 42.6 Å². The summed E-state index contributed by atoms with van der Waals surface area (Å²) in [5, 5.41) is 4.30. The zero-order valence-electron chi connectivity index (χ0n) is 14.5. The lowest BCUT2D eigenvalue weighted by Gasteiger charge is -2.15. The predicted molar refractivity (Wildman–Crippen MR) is 95.0 cm³/mol. The van der Waals surface area contributed by atoms with Crippen LogP contribution >= 0.6 is 11.8 Å². The molecule has 0 saturated carbocycles. The van der Waals surface area contributed by atoms with Gasteiger partial charge in [0, 0.05) is 11.3 Å². The first-order valence-corrected chi connectivity index (χ1v) is 9.07. The molecule has 0 bridgehead atoms. The molecule has 8 heteroatoms. The van der Waals surface area contributed by atoms with E-state index in [2.05, 4.69) is 12.2 Å². The number of carbonyl (C=O) groups excluding carboxylic acids is 2. The van der Waals surface area contributed by atoms with E-state index in [9.17, 15) is 22.8 Å². The Labute approximate surface area is 149 Å². The SMILES string of the molecule is CCCCSC(C)C(=O)Nc1cc(C(=O)NCC(F)(F)F)ccc1C. The number of nitrogens with one attached hydrogen (secondary N) is 2. The number of amides is 2.